The predicted molar refractivity (Wildman–Crippen MR) is 111 cm³/mol. The monoisotopic (exact) mass is 444 g/mol. The summed E-state index contributed by atoms with van der Waals surface area (Å²) in [6, 6.07) is 6.45. The van der Waals surface area contributed by atoms with Crippen LogP contribution >= 0.6 is 11.6 Å². The van der Waals surface area contributed by atoms with Crippen LogP contribution in [-0.2, 0) is 10.2 Å². The Morgan fingerprint density at radius 2 is 1.94 bits per heavy atom. The van der Waals surface area contributed by atoms with Gasteiger partial charge in [0, 0.05) is 17.7 Å². The van der Waals surface area contributed by atoms with Crippen molar-refractivity contribution in [2.45, 2.75) is 25.7 Å². The van der Waals surface area contributed by atoms with E-state index in [9.17, 15) is 13.6 Å². The number of carbonyl (C=O) groups excluding carboxylic acids is 1. The largest absolute Gasteiger partial charge is 0.489 e. The first kappa shape index (κ1) is 21.1. The van der Waals surface area contributed by atoms with Gasteiger partial charge >= 0.3 is 0 Å². The highest BCUT2D eigenvalue weighted by Crippen LogP contribution is 2.55. The molecule has 2 heterocycles. The third kappa shape index (κ3) is 4.49. The van der Waals surface area contributed by atoms with Crippen LogP contribution in [0.4, 0.5) is 14.6 Å². The van der Waals surface area contributed by atoms with Gasteiger partial charge in [-0.15, -0.1) is 0 Å². The van der Waals surface area contributed by atoms with Crippen LogP contribution in [0.5, 0.6) is 5.75 Å². The molecule has 4 rings (SSSR count). The van der Waals surface area contributed by atoms with Crippen molar-refractivity contribution in [3.8, 4) is 5.75 Å². The number of halogens is 3. The number of benzene rings is 1. The minimum Gasteiger partial charge on any atom is -0.489 e. The third-order valence-corrected chi connectivity index (χ3v) is 5.57. The van der Waals surface area contributed by atoms with E-state index in [4.69, 9.17) is 16.3 Å². The molecule has 1 aromatic carbocycles. The van der Waals surface area contributed by atoms with Gasteiger partial charge in [-0.2, -0.15) is 0 Å². The number of anilines is 1. The first-order chi connectivity index (χ1) is 14.8. The van der Waals surface area contributed by atoms with Crippen molar-refractivity contribution in [3.05, 3.63) is 76.5 Å². The number of rotatable bonds is 6. The molecular formula is C22H19ClF2N4O2. The van der Waals surface area contributed by atoms with E-state index in [2.05, 4.69) is 20.3 Å². The van der Waals surface area contributed by atoms with Crippen LogP contribution in [-0.4, -0.2) is 27.5 Å². The maximum Gasteiger partial charge on any atom is 0.229 e. The van der Waals surface area contributed by atoms with Gasteiger partial charge in [0.2, 0.25) is 5.91 Å². The van der Waals surface area contributed by atoms with E-state index >= 15 is 0 Å². The third-order valence-electron chi connectivity index (χ3n) is 5.35. The van der Waals surface area contributed by atoms with Crippen LogP contribution in [0.2, 0.25) is 5.02 Å². The normalized spacial score (nSPS) is 19.7. The lowest BCUT2D eigenvalue weighted by atomic mass is 9.93. The molecule has 2 aromatic heterocycles. The molecule has 1 aliphatic rings. The van der Waals surface area contributed by atoms with E-state index in [1.807, 2.05) is 0 Å². The topological polar surface area (TPSA) is 77.0 Å². The van der Waals surface area contributed by atoms with Crippen molar-refractivity contribution >= 4 is 23.3 Å². The lowest BCUT2D eigenvalue weighted by Crippen LogP contribution is -2.27. The molecule has 0 aliphatic heterocycles. The Morgan fingerprint density at radius 3 is 2.58 bits per heavy atom. The number of nitrogens with zero attached hydrogens (tertiary/aromatic N) is 3. The molecule has 1 aliphatic carbocycles. The van der Waals surface area contributed by atoms with Crippen LogP contribution in [0.1, 0.15) is 23.5 Å². The molecule has 1 saturated carbocycles. The first-order valence-corrected chi connectivity index (χ1v) is 9.97. The number of ether oxygens (including phenoxy) is 1. The Labute approximate surface area is 182 Å². The Morgan fingerprint density at radius 1 is 1.19 bits per heavy atom. The Kier molecular flexibility index (Phi) is 5.58. The van der Waals surface area contributed by atoms with Crippen molar-refractivity contribution in [1.82, 2.24) is 15.0 Å². The number of pyridine rings is 1. The van der Waals surface area contributed by atoms with Gasteiger partial charge in [0.1, 0.15) is 23.3 Å². The predicted octanol–water partition coefficient (Wildman–Crippen LogP) is 4.40. The fraction of sp³-hybridized carbons (Fsp3) is 0.273. The second-order valence-corrected chi connectivity index (χ2v) is 8.01. The first-order valence-electron chi connectivity index (χ1n) is 9.59. The van der Waals surface area contributed by atoms with E-state index in [0.717, 1.165) is 6.07 Å². The molecule has 9 heteroatoms. The summed E-state index contributed by atoms with van der Waals surface area (Å²) in [5.41, 5.74) is 0.108. The minimum absolute atomic E-state index is 0.0370. The fourth-order valence-corrected chi connectivity index (χ4v) is 3.75. The smallest absolute Gasteiger partial charge is 0.229 e. The quantitative estimate of drug-likeness (QED) is 0.610. The van der Waals surface area contributed by atoms with E-state index in [1.54, 1.807) is 32.2 Å². The van der Waals surface area contributed by atoms with E-state index in [1.165, 1.54) is 18.3 Å². The molecule has 6 nitrogen and oxygen atoms in total. The Balaban J connectivity index is 1.59. The fourth-order valence-electron chi connectivity index (χ4n) is 3.64. The zero-order valence-electron chi connectivity index (χ0n) is 16.8. The summed E-state index contributed by atoms with van der Waals surface area (Å²) in [4.78, 5) is 25.3. The molecule has 1 N–H and O–H groups in total. The summed E-state index contributed by atoms with van der Waals surface area (Å²) in [6.45, 7) is 3.58. The van der Waals surface area contributed by atoms with Crippen LogP contribution in [0.3, 0.4) is 0 Å². The summed E-state index contributed by atoms with van der Waals surface area (Å²) in [6.07, 6.45) is 3.33. The standard InChI is InChI=1S/C22H19ClF2N4O2/c1-12-19(10-26-13(2)28-12)31-11-22(14-5-16(24)7-17(25)6-14)8-18(22)21(30)29-20-4-3-15(23)9-27-20/h3-7,9-10,18H,8,11H2,1-2H3,(H,27,29,30). The van der Waals surface area contributed by atoms with Crippen LogP contribution in [0.15, 0.2) is 42.7 Å². The SMILES string of the molecule is Cc1ncc(OCC2(c3cc(F)cc(F)c3)CC2C(=O)Nc2ccc(Cl)cn2)c(C)n1. The maximum absolute atomic E-state index is 13.9. The molecule has 160 valence electrons. The van der Waals surface area contributed by atoms with Gasteiger partial charge in [-0.3, -0.25) is 4.79 Å². The van der Waals surface area contributed by atoms with Gasteiger partial charge in [0.05, 0.1) is 29.4 Å². The highest BCUT2D eigenvalue weighted by Gasteiger charge is 2.60. The van der Waals surface area contributed by atoms with E-state index < -0.39 is 23.0 Å². The molecule has 1 amide bonds. The Hall–Kier alpha value is -3.13. The molecule has 2 unspecified atom stereocenters. The molecule has 31 heavy (non-hydrogen) atoms. The van der Waals surface area contributed by atoms with Crippen LogP contribution < -0.4 is 10.1 Å². The summed E-state index contributed by atoms with van der Waals surface area (Å²) in [7, 11) is 0. The number of aromatic nitrogens is 3. The van der Waals surface area contributed by atoms with Gasteiger partial charge in [-0.1, -0.05) is 11.6 Å². The Bertz CT molecular complexity index is 1120. The van der Waals surface area contributed by atoms with Gasteiger partial charge in [-0.05, 0) is 50.1 Å². The van der Waals surface area contributed by atoms with E-state index in [0.29, 0.717) is 40.1 Å². The van der Waals surface area contributed by atoms with Crippen LogP contribution in [0, 0.1) is 31.4 Å². The number of amides is 1. The highest BCUT2D eigenvalue weighted by atomic mass is 35.5. The lowest BCUT2D eigenvalue weighted by molar-refractivity contribution is -0.117. The molecule has 3 aromatic rings. The summed E-state index contributed by atoms with van der Waals surface area (Å²) in [5.74, 6) is -0.912. The second-order valence-electron chi connectivity index (χ2n) is 7.58. The van der Waals surface area contributed by atoms with Crippen molar-refractivity contribution in [2.75, 3.05) is 11.9 Å². The summed E-state index contributed by atoms with van der Waals surface area (Å²) in [5, 5.41) is 3.17. The number of carbonyl (C=O) groups is 1. The molecule has 0 bridgehead atoms. The zero-order valence-corrected chi connectivity index (χ0v) is 17.6. The maximum atomic E-state index is 13.9. The lowest BCUT2D eigenvalue weighted by Gasteiger charge is -2.20. The van der Waals surface area contributed by atoms with Crippen LogP contribution in [0.25, 0.3) is 0 Å². The zero-order chi connectivity index (χ0) is 22.2. The number of aryl methyl sites for hydroxylation is 2. The van der Waals surface area contributed by atoms with Gasteiger partial charge in [0.25, 0.3) is 0 Å². The van der Waals surface area contributed by atoms with Crippen molar-refractivity contribution in [2.24, 2.45) is 5.92 Å². The number of nitrogens with one attached hydrogen (secondary N) is 1. The second kappa shape index (κ2) is 8.19. The van der Waals surface area contributed by atoms with Crippen molar-refractivity contribution in [3.63, 3.8) is 0 Å². The average Bonchev–Trinajstić information content (AvgIpc) is 3.44. The van der Waals surface area contributed by atoms with Gasteiger partial charge in [0.15, 0.2) is 5.75 Å². The minimum atomic E-state index is -0.892. The summed E-state index contributed by atoms with van der Waals surface area (Å²) < 4.78 is 33.8. The number of hydrogen-bond acceptors (Lipinski definition) is 5. The van der Waals surface area contributed by atoms with Gasteiger partial charge < -0.3 is 10.1 Å². The molecule has 0 saturated heterocycles. The molecule has 1 fully saturated rings. The molecular weight excluding hydrogens is 426 g/mol. The summed E-state index contributed by atoms with van der Waals surface area (Å²) >= 11 is 5.83. The molecule has 0 spiro atoms. The van der Waals surface area contributed by atoms with Crippen molar-refractivity contribution in [1.29, 1.82) is 0 Å². The van der Waals surface area contributed by atoms with Gasteiger partial charge in [-0.25, -0.2) is 23.7 Å². The van der Waals surface area contributed by atoms with Crippen molar-refractivity contribution < 1.29 is 18.3 Å². The molecule has 2 atom stereocenters. The molecule has 0 radical (unpaired) electrons. The average molecular weight is 445 g/mol. The highest BCUT2D eigenvalue weighted by molar-refractivity contribution is 6.30. The number of hydrogen-bond donors (Lipinski definition) is 1. The van der Waals surface area contributed by atoms with E-state index in [-0.39, 0.29) is 12.5 Å².